The number of nitrogens with two attached hydrogens (primary N) is 1. The van der Waals surface area contributed by atoms with Crippen LogP contribution in [0.1, 0.15) is 17.4 Å². The SMILES string of the molecule is N[C@H](Cc1ccccc1)c1ccco1. The molecule has 2 N–H and O–H groups in total. The number of rotatable bonds is 3. The van der Waals surface area contributed by atoms with Crippen LogP contribution in [0.2, 0.25) is 0 Å². The van der Waals surface area contributed by atoms with E-state index in [-0.39, 0.29) is 6.04 Å². The molecule has 14 heavy (non-hydrogen) atoms. The van der Waals surface area contributed by atoms with Crippen molar-refractivity contribution in [2.45, 2.75) is 12.5 Å². The van der Waals surface area contributed by atoms with E-state index in [2.05, 4.69) is 12.1 Å². The number of benzene rings is 1. The van der Waals surface area contributed by atoms with Crippen LogP contribution >= 0.6 is 0 Å². The van der Waals surface area contributed by atoms with Crippen molar-refractivity contribution in [1.29, 1.82) is 0 Å². The van der Waals surface area contributed by atoms with Crippen molar-refractivity contribution >= 4 is 0 Å². The van der Waals surface area contributed by atoms with Gasteiger partial charge in [0.15, 0.2) is 0 Å². The highest BCUT2D eigenvalue weighted by atomic mass is 16.3. The first kappa shape index (κ1) is 9.03. The molecular formula is C12H13NO. The molecule has 0 aliphatic carbocycles. The molecular weight excluding hydrogens is 174 g/mol. The summed E-state index contributed by atoms with van der Waals surface area (Å²) in [6, 6.07) is 13.9. The second kappa shape index (κ2) is 4.11. The fraction of sp³-hybridized carbons (Fsp3) is 0.167. The standard InChI is InChI=1S/C12H13NO/c13-11(12-7-4-8-14-12)9-10-5-2-1-3-6-10/h1-8,11H,9,13H2/t11-/m1/s1. The zero-order chi connectivity index (χ0) is 9.80. The monoisotopic (exact) mass is 187 g/mol. The van der Waals surface area contributed by atoms with E-state index in [1.807, 2.05) is 30.3 Å². The van der Waals surface area contributed by atoms with Gasteiger partial charge in [-0.3, -0.25) is 0 Å². The lowest BCUT2D eigenvalue weighted by Gasteiger charge is -2.07. The number of furan rings is 1. The van der Waals surface area contributed by atoms with Gasteiger partial charge in [0.25, 0.3) is 0 Å². The zero-order valence-corrected chi connectivity index (χ0v) is 7.89. The van der Waals surface area contributed by atoms with Gasteiger partial charge in [0.1, 0.15) is 5.76 Å². The summed E-state index contributed by atoms with van der Waals surface area (Å²) in [5.41, 5.74) is 7.21. The fourth-order valence-electron chi connectivity index (χ4n) is 1.47. The minimum Gasteiger partial charge on any atom is -0.468 e. The Morgan fingerprint density at radius 2 is 1.86 bits per heavy atom. The van der Waals surface area contributed by atoms with E-state index in [0.29, 0.717) is 0 Å². The highest BCUT2D eigenvalue weighted by molar-refractivity contribution is 5.18. The van der Waals surface area contributed by atoms with E-state index >= 15 is 0 Å². The van der Waals surface area contributed by atoms with Crippen LogP contribution in [0.15, 0.2) is 53.1 Å². The molecule has 0 fully saturated rings. The molecule has 0 aliphatic rings. The predicted octanol–water partition coefficient (Wildman–Crippen LogP) is 2.52. The lowest BCUT2D eigenvalue weighted by atomic mass is 10.1. The van der Waals surface area contributed by atoms with Gasteiger partial charge in [-0.1, -0.05) is 30.3 Å². The number of hydrogen-bond donors (Lipinski definition) is 1. The molecule has 0 saturated heterocycles. The average molecular weight is 187 g/mol. The molecule has 0 amide bonds. The minimum atomic E-state index is -0.0487. The van der Waals surface area contributed by atoms with Gasteiger partial charge >= 0.3 is 0 Å². The van der Waals surface area contributed by atoms with Crippen molar-refractivity contribution in [3.8, 4) is 0 Å². The summed E-state index contributed by atoms with van der Waals surface area (Å²) in [6.07, 6.45) is 2.47. The zero-order valence-electron chi connectivity index (χ0n) is 7.89. The Hall–Kier alpha value is -1.54. The van der Waals surface area contributed by atoms with Crippen LogP contribution in [0.4, 0.5) is 0 Å². The van der Waals surface area contributed by atoms with Gasteiger partial charge in [-0.25, -0.2) is 0 Å². The third-order valence-electron chi connectivity index (χ3n) is 2.21. The molecule has 2 heteroatoms. The molecule has 72 valence electrons. The average Bonchev–Trinajstić information content (AvgIpc) is 2.72. The Kier molecular flexibility index (Phi) is 2.65. The van der Waals surface area contributed by atoms with Crippen molar-refractivity contribution in [2.75, 3.05) is 0 Å². The van der Waals surface area contributed by atoms with E-state index in [0.717, 1.165) is 12.2 Å². The molecule has 2 aromatic rings. The van der Waals surface area contributed by atoms with Gasteiger partial charge in [0, 0.05) is 0 Å². The second-order valence-corrected chi connectivity index (χ2v) is 3.31. The summed E-state index contributed by atoms with van der Waals surface area (Å²) in [5, 5.41) is 0. The second-order valence-electron chi connectivity index (χ2n) is 3.31. The highest BCUT2D eigenvalue weighted by Crippen LogP contribution is 2.15. The van der Waals surface area contributed by atoms with Gasteiger partial charge in [0.05, 0.1) is 12.3 Å². The van der Waals surface area contributed by atoms with E-state index in [1.165, 1.54) is 5.56 Å². The summed E-state index contributed by atoms with van der Waals surface area (Å²) in [5.74, 6) is 0.842. The van der Waals surface area contributed by atoms with Crippen molar-refractivity contribution in [3.05, 3.63) is 60.1 Å². The molecule has 1 atom stereocenters. The van der Waals surface area contributed by atoms with E-state index < -0.39 is 0 Å². The van der Waals surface area contributed by atoms with Gasteiger partial charge in [-0.15, -0.1) is 0 Å². The van der Waals surface area contributed by atoms with Gasteiger partial charge in [-0.2, -0.15) is 0 Å². The molecule has 1 aromatic carbocycles. The topological polar surface area (TPSA) is 39.2 Å². The Bertz CT molecular complexity index is 366. The van der Waals surface area contributed by atoms with Crippen LogP contribution in [-0.4, -0.2) is 0 Å². The van der Waals surface area contributed by atoms with Crippen LogP contribution in [0.25, 0.3) is 0 Å². The van der Waals surface area contributed by atoms with Gasteiger partial charge in [0.2, 0.25) is 0 Å². The van der Waals surface area contributed by atoms with Crippen LogP contribution < -0.4 is 5.73 Å². The fourth-order valence-corrected chi connectivity index (χ4v) is 1.47. The third-order valence-corrected chi connectivity index (χ3v) is 2.21. The lowest BCUT2D eigenvalue weighted by Crippen LogP contribution is -2.12. The van der Waals surface area contributed by atoms with E-state index in [4.69, 9.17) is 10.2 Å². The molecule has 1 heterocycles. The van der Waals surface area contributed by atoms with Crippen LogP contribution in [0, 0.1) is 0 Å². The molecule has 0 bridgehead atoms. The Morgan fingerprint density at radius 3 is 2.50 bits per heavy atom. The Balaban J connectivity index is 2.06. The van der Waals surface area contributed by atoms with Gasteiger partial charge < -0.3 is 10.2 Å². The smallest absolute Gasteiger partial charge is 0.120 e. The van der Waals surface area contributed by atoms with Crippen molar-refractivity contribution in [2.24, 2.45) is 5.73 Å². The molecule has 1 aromatic heterocycles. The van der Waals surface area contributed by atoms with Crippen molar-refractivity contribution in [1.82, 2.24) is 0 Å². The summed E-state index contributed by atoms with van der Waals surface area (Å²) in [4.78, 5) is 0. The predicted molar refractivity (Wildman–Crippen MR) is 55.8 cm³/mol. The van der Waals surface area contributed by atoms with Crippen molar-refractivity contribution in [3.63, 3.8) is 0 Å². The maximum Gasteiger partial charge on any atom is 0.120 e. The van der Waals surface area contributed by atoms with Crippen molar-refractivity contribution < 1.29 is 4.42 Å². The quantitative estimate of drug-likeness (QED) is 0.801. The molecule has 0 radical (unpaired) electrons. The summed E-state index contributed by atoms with van der Waals surface area (Å²) >= 11 is 0. The first-order valence-corrected chi connectivity index (χ1v) is 4.69. The van der Waals surface area contributed by atoms with Crippen LogP contribution in [-0.2, 0) is 6.42 Å². The molecule has 0 aliphatic heterocycles. The van der Waals surface area contributed by atoms with Crippen LogP contribution in [0.3, 0.4) is 0 Å². The Morgan fingerprint density at radius 1 is 1.07 bits per heavy atom. The normalized spacial score (nSPS) is 12.6. The largest absolute Gasteiger partial charge is 0.468 e. The highest BCUT2D eigenvalue weighted by Gasteiger charge is 2.08. The summed E-state index contributed by atoms with van der Waals surface area (Å²) in [6.45, 7) is 0. The molecule has 2 rings (SSSR count). The van der Waals surface area contributed by atoms with Gasteiger partial charge in [-0.05, 0) is 24.1 Å². The molecule has 0 spiro atoms. The summed E-state index contributed by atoms with van der Waals surface area (Å²) in [7, 11) is 0. The Labute approximate surface area is 83.4 Å². The first-order chi connectivity index (χ1) is 6.86. The maximum atomic E-state index is 5.98. The van der Waals surface area contributed by atoms with Crippen LogP contribution in [0.5, 0.6) is 0 Å². The first-order valence-electron chi connectivity index (χ1n) is 4.69. The number of hydrogen-bond acceptors (Lipinski definition) is 2. The lowest BCUT2D eigenvalue weighted by molar-refractivity contribution is 0.464. The molecule has 0 unspecified atom stereocenters. The molecule has 2 nitrogen and oxygen atoms in total. The maximum absolute atomic E-state index is 5.98. The summed E-state index contributed by atoms with van der Waals surface area (Å²) < 4.78 is 5.24. The minimum absolute atomic E-state index is 0.0487. The third kappa shape index (κ3) is 2.03. The van der Waals surface area contributed by atoms with E-state index in [1.54, 1.807) is 6.26 Å². The molecule has 0 saturated carbocycles. The van der Waals surface area contributed by atoms with E-state index in [9.17, 15) is 0 Å².